The van der Waals surface area contributed by atoms with Crippen LogP contribution in [0.4, 0.5) is 26.7 Å². The Kier molecular flexibility index (Phi) is 15.9. The first-order chi connectivity index (χ1) is 27.1. The number of carbonyl (C=O) groups excluding carboxylic acids is 3. The van der Waals surface area contributed by atoms with E-state index in [0.29, 0.717) is 39.3 Å². The number of rotatable bonds is 20. The number of carbonyl (C=O) groups is 3. The van der Waals surface area contributed by atoms with Crippen LogP contribution in [0, 0.1) is 29.1 Å². The van der Waals surface area contributed by atoms with E-state index < -0.39 is 66.0 Å². The van der Waals surface area contributed by atoms with Gasteiger partial charge in [0.2, 0.25) is 40.7 Å². The first-order valence-corrected chi connectivity index (χ1v) is 18.0. The molecule has 2 amide bonds. The fourth-order valence-electron chi connectivity index (χ4n) is 6.53. The minimum absolute atomic E-state index is 0.104. The molecule has 0 saturated carbocycles. The molecule has 0 aromatic heterocycles. The fraction of sp³-hybridized carbons (Fsp3) is 0.462. The molecular formula is C39H43F5N2O10. The zero-order valence-electron chi connectivity index (χ0n) is 30.7. The van der Waals surface area contributed by atoms with Crippen LogP contribution in [0.1, 0.15) is 29.9 Å². The second-order valence-electron chi connectivity index (χ2n) is 12.8. The van der Waals surface area contributed by atoms with E-state index in [9.17, 15) is 36.3 Å². The lowest BCUT2D eigenvalue weighted by molar-refractivity contribution is -0.146. The molecule has 1 saturated heterocycles. The Morgan fingerprint density at radius 1 is 0.679 bits per heavy atom. The topological polar surface area (TPSA) is 122 Å². The lowest BCUT2D eigenvalue weighted by Gasteiger charge is -2.38. The number of amides is 2. The van der Waals surface area contributed by atoms with Crippen LogP contribution in [-0.2, 0) is 38.0 Å². The van der Waals surface area contributed by atoms with Gasteiger partial charge in [0.15, 0.2) is 0 Å². The number of hydrogen-bond donors (Lipinski definition) is 0. The highest BCUT2D eigenvalue weighted by Gasteiger charge is 2.33. The number of nitrogens with zero attached hydrogens (tertiary/aromatic N) is 2. The van der Waals surface area contributed by atoms with Crippen molar-refractivity contribution in [3.63, 3.8) is 0 Å². The predicted octanol–water partition coefficient (Wildman–Crippen LogP) is 5.24. The van der Waals surface area contributed by atoms with E-state index in [1.54, 1.807) is 12.0 Å². The van der Waals surface area contributed by atoms with Gasteiger partial charge in [0, 0.05) is 38.7 Å². The van der Waals surface area contributed by atoms with Crippen LogP contribution in [-0.4, -0.2) is 127 Å². The molecule has 17 heteroatoms. The summed E-state index contributed by atoms with van der Waals surface area (Å²) >= 11 is 0. The van der Waals surface area contributed by atoms with Crippen molar-refractivity contribution in [3.05, 3.63) is 88.7 Å². The average molecular weight is 795 g/mol. The van der Waals surface area contributed by atoms with Crippen LogP contribution in [0.5, 0.6) is 5.75 Å². The predicted molar refractivity (Wildman–Crippen MR) is 188 cm³/mol. The van der Waals surface area contributed by atoms with Crippen LogP contribution in [0.15, 0.2) is 48.5 Å². The second-order valence-corrected chi connectivity index (χ2v) is 12.8. The fourth-order valence-corrected chi connectivity index (χ4v) is 6.53. The number of methoxy groups -OCH3 is 1. The maximum atomic E-state index is 14.0. The van der Waals surface area contributed by atoms with Crippen molar-refractivity contribution < 1.29 is 69.5 Å². The van der Waals surface area contributed by atoms with Crippen molar-refractivity contribution in [1.29, 1.82) is 0 Å². The van der Waals surface area contributed by atoms with Crippen molar-refractivity contribution in [3.8, 4) is 16.9 Å². The van der Waals surface area contributed by atoms with Gasteiger partial charge in [-0.15, -0.1) is 0 Å². The summed E-state index contributed by atoms with van der Waals surface area (Å²) in [6, 6.07) is 15.6. The Morgan fingerprint density at radius 3 is 1.77 bits per heavy atom. The zero-order chi connectivity index (χ0) is 40.0. The van der Waals surface area contributed by atoms with Gasteiger partial charge in [0.05, 0.1) is 46.2 Å². The Hall–Kier alpha value is -4.68. The summed E-state index contributed by atoms with van der Waals surface area (Å²) in [5.74, 6) is -15.6. The van der Waals surface area contributed by atoms with Crippen molar-refractivity contribution >= 4 is 18.0 Å². The van der Waals surface area contributed by atoms with Gasteiger partial charge in [-0.05, 0) is 35.1 Å². The van der Waals surface area contributed by atoms with Crippen LogP contribution < -0.4 is 4.74 Å². The van der Waals surface area contributed by atoms with Gasteiger partial charge in [-0.1, -0.05) is 48.5 Å². The van der Waals surface area contributed by atoms with Crippen LogP contribution in [0.3, 0.4) is 0 Å². The largest absolute Gasteiger partial charge is 0.448 e. The normalized spacial score (nSPS) is 14.1. The standard InChI is InChI=1S/C39H43F5N2O10/c1-50-16-17-52-20-21-53-19-18-51-15-14-46(31(47)23-54-24-32(48)56-38-36(43)34(41)33(40)35(42)37(38)44)25-10-12-45(13-11-25)39(49)55-22-30-28-8-4-2-6-26(28)27-7-3-5-9-29(27)30/h2-9,25,30H,10-24H2,1H3. The van der Waals surface area contributed by atoms with E-state index in [-0.39, 0.29) is 58.0 Å². The monoisotopic (exact) mass is 794 g/mol. The molecular weight excluding hydrogens is 751 g/mol. The molecule has 3 aromatic carbocycles. The minimum atomic E-state index is -2.41. The Bertz CT molecular complexity index is 1740. The second kappa shape index (κ2) is 21.0. The summed E-state index contributed by atoms with van der Waals surface area (Å²) in [7, 11) is 1.57. The van der Waals surface area contributed by atoms with E-state index in [0.717, 1.165) is 22.3 Å². The van der Waals surface area contributed by atoms with Crippen LogP contribution in [0.2, 0.25) is 0 Å². The number of likely N-dealkylation sites (tertiary alicyclic amines) is 1. The first kappa shape index (κ1) is 42.5. The van der Waals surface area contributed by atoms with Crippen molar-refractivity contribution in [2.75, 3.05) is 92.8 Å². The number of ether oxygens (including phenoxy) is 7. The Balaban J connectivity index is 1.11. The highest BCUT2D eigenvalue weighted by molar-refractivity contribution is 5.80. The summed E-state index contributed by atoms with van der Waals surface area (Å²) in [5, 5.41) is 0. The van der Waals surface area contributed by atoms with E-state index in [1.165, 1.54) is 4.90 Å². The van der Waals surface area contributed by atoms with Gasteiger partial charge in [0.25, 0.3) is 0 Å². The van der Waals surface area contributed by atoms with Gasteiger partial charge in [-0.3, -0.25) is 4.79 Å². The molecule has 1 aliphatic carbocycles. The third-order valence-corrected chi connectivity index (χ3v) is 9.30. The zero-order valence-corrected chi connectivity index (χ0v) is 30.7. The van der Waals surface area contributed by atoms with Crippen LogP contribution in [0.25, 0.3) is 11.1 Å². The van der Waals surface area contributed by atoms with Gasteiger partial charge in [0.1, 0.15) is 19.8 Å². The SMILES string of the molecule is COCCOCCOCCOCCN(C(=O)COCC(=O)Oc1c(F)c(F)c(F)c(F)c1F)C1CCN(C(=O)OCC2c3ccccc3-c3ccccc32)CC1. The minimum Gasteiger partial charge on any atom is -0.448 e. The molecule has 304 valence electrons. The molecule has 3 aromatic rings. The molecule has 0 bridgehead atoms. The smallest absolute Gasteiger partial charge is 0.409 e. The van der Waals surface area contributed by atoms with Gasteiger partial charge >= 0.3 is 12.1 Å². The molecule has 2 aliphatic rings. The highest BCUT2D eigenvalue weighted by Crippen LogP contribution is 2.44. The molecule has 0 N–H and O–H groups in total. The summed E-state index contributed by atoms with van der Waals surface area (Å²) in [5.41, 5.74) is 4.39. The number of hydrogen-bond acceptors (Lipinski definition) is 10. The van der Waals surface area contributed by atoms with Gasteiger partial charge in [-0.25, -0.2) is 22.8 Å². The molecule has 1 fully saturated rings. The maximum absolute atomic E-state index is 14.0. The molecule has 1 aliphatic heterocycles. The number of halogens is 5. The average Bonchev–Trinajstić information content (AvgIpc) is 3.54. The lowest BCUT2D eigenvalue weighted by Crippen LogP contribution is -2.51. The molecule has 0 radical (unpaired) electrons. The summed E-state index contributed by atoms with van der Waals surface area (Å²) in [6.45, 7) is 1.34. The number of piperidine rings is 1. The third kappa shape index (κ3) is 10.8. The summed E-state index contributed by atoms with van der Waals surface area (Å²) < 4.78 is 105. The summed E-state index contributed by atoms with van der Waals surface area (Å²) in [4.78, 5) is 41.8. The van der Waals surface area contributed by atoms with Gasteiger partial charge < -0.3 is 43.0 Å². The van der Waals surface area contributed by atoms with Crippen molar-refractivity contribution in [2.24, 2.45) is 0 Å². The molecule has 56 heavy (non-hydrogen) atoms. The van der Waals surface area contributed by atoms with Crippen molar-refractivity contribution in [2.45, 2.75) is 24.8 Å². The van der Waals surface area contributed by atoms with E-state index in [1.807, 2.05) is 48.5 Å². The van der Waals surface area contributed by atoms with E-state index in [2.05, 4.69) is 4.74 Å². The Labute approximate surface area is 320 Å². The van der Waals surface area contributed by atoms with Gasteiger partial charge in [-0.2, -0.15) is 8.78 Å². The van der Waals surface area contributed by atoms with Crippen molar-refractivity contribution in [1.82, 2.24) is 9.80 Å². The molecule has 0 spiro atoms. The molecule has 12 nitrogen and oxygen atoms in total. The Morgan fingerprint density at radius 2 is 1.20 bits per heavy atom. The van der Waals surface area contributed by atoms with Crippen LogP contribution >= 0.6 is 0 Å². The first-order valence-electron chi connectivity index (χ1n) is 18.0. The molecule has 5 rings (SSSR count). The third-order valence-electron chi connectivity index (χ3n) is 9.30. The lowest BCUT2D eigenvalue weighted by atomic mass is 9.98. The number of fused-ring (bicyclic) bond motifs is 3. The maximum Gasteiger partial charge on any atom is 0.409 e. The molecule has 0 unspecified atom stereocenters. The number of esters is 1. The number of benzene rings is 3. The molecule has 1 heterocycles. The van der Waals surface area contributed by atoms with E-state index in [4.69, 9.17) is 28.4 Å². The summed E-state index contributed by atoms with van der Waals surface area (Å²) in [6.07, 6.45) is 0.278. The quantitative estimate of drug-likeness (QED) is 0.0375. The highest BCUT2D eigenvalue weighted by atomic mass is 19.2. The van der Waals surface area contributed by atoms with E-state index >= 15 is 0 Å². The molecule has 0 atom stereocenters.